The molecule has 2 aromatic carbocycles. The van der Waals surface area contributed by atoms with E-state index < -0.39 is 33.7 Å². The Hall–Kier alpha value is -2.55. The molecule has 0 fully saturated rings. The number of carbonyl (C=O) groups is 1. The van der Waals surface area contributed by atoms with Crippen LogP contribution in [0.5, 0.6) is 0 Å². The molecule has 2 N–H and O–H groups in total. The first kappa shape index (κ1) is 19.8. The summed E-state index contributed by atoms with van der Waals surface area (Å²) >= 11 is 0. The van der Waals surface area contributed by atoms with Crippen LogP contribution in [-0.4, -0.2) is 20.6 Å². The van der Waals surface area contributed by atoms with E-state index in [4.69, 9.17) is 0 Å². The van der Waals surface area contributed by atoms with E-state index in [1.54, 1.807) is 19.1 Å². The maximum atomic E-state index is 12.8. The number of anilines is 1. The summed E-state index contributed by atoms with van der Waals surface area (Å²) in [5.74, 6) is -0.610. The van der Waals surface area contributed by atoms with E-state index in [2.05, 4.69) is 10.0 Å². The summed E-state index contributed by atoms with van der Waals surface area (Å²) in [5.41, 5.74) is -0.377. The minimum atomic E-state index is -4.48. The second-order valence-corrected chi connectivity index (χ2v) is 7.49. The molecule has 140 valence electrons. The van der Waals surface area contributed by atoms with Crippen LogP contribution >= 0.6 is 0 Å². The van der Waals surface area contributed by atoms with Crippen molar-refractivity contribution in [2.45, 2.75) is 19.1 Å². The Balaban J connectivity index is 2.23. The van der Waals surface area contributed by atoms with Gasteiger partial charge in [-0.1, -0.05) is 24.3 Å². The average molecular weight is 386 g/mol. The van der Waals surface area contributed by atoms with Crippen molar-refractivity contribution in [3.05, 3.63) is 65.2 Å². The Morgan fingerprint density at radius 2 is 1.73 bits per heavy atom. The fourth-order valence-corrected chi connectivity index (χ4v) is 2.89. The summed E-state index contributed by atoms with van der Waals surface area (Å²) in [7, 11) is -3.59. The molecule has 9 heteroatoms. The Kier molecular flexibility index (Phi) is 5.60. The van der Waals surface area contributed by atoms with Crippen molar-refractivity contribution >= 4 is 21.6 Å². The molecule has 0 radical (unpaired) electrons. The second-order valence-electron chi connectivity index (χ2n) is 5.74. The van der Waals surface area contributed by atoms with Crippen LogP contribution in [0, 0.1) is 0 Å². The number of nitrogens with one attached hydrogen (secondary N) is 2. The Bertz CT molecular complexity index is 911. The maximum absolute atomic E-state index is 12.8. The highest BCUT2D eigenvalue weighted by Gasteiger charge is 2.30. The van der Waals surface area contributed by atoms with Crippen molar-refractivity contribution in [3.63, 3.8) is 0 Å². The molecular weight excluding hydrogens is 369 g/mol. The third-order valence-electron chi connectivity index (χ3n) is 3.53. The number of para-hydroxylation sites is 1. The van der Waals surface area contributed by atoms with Crippen LogP contribution in [0.15, 0.2) is 48.5 Å². The topological polar surface area (TPSA) is 75.3 Å². The van der Waals surface area contributed by atoms with Crippen LogP contribution in [0.2, 0.25) is 0 Å². The van der Waals surface area contributed by atoms with Gasteiger partial charge >= 0.3 is 6.18 Å². The van der Waals surface area contributed by atoms with Gasteiger partial charge in [0.2, 0.25) is 10.0 Å². The lowest BCUT2D eigenvalue weighted by atomic mass is 10.0. The predicted molar refractivity (Wildman–Crippen MR) is 92.2 cm³/mol. The van der Waals surface area contributed by atoms with E-state index >= 15 is 0 Å². The van der Waals surface area contributed by atoms with Gasteiger partial charge in [-0.25, -0.2) is 8.42 Å². The highest BCUT2D eigenvalue weighted by Crippen LogP contribution is 2.30. The molecule has 0 saturated heterocycles. The lowest BCUT2D eigenvalue weighted by molar-refractivity contribution is -0.137. The first-order valence-corrected chi connectivity index (χ1v) is 9.41. The van der Waals surface area contributed by atoms with Crippen LogP contribution in [-0.2, 0) is 16.2 Å². The van der Waals surface area contributed by atoms with Gasteiger partial charge in [0.05, 0.1) is 29.1 Å². The number of sulfonamides is 1. The van der Waals surface area contributed by atoms with Crippen molar-refractivity contribution in [2.24, 2.45) is 0 Å². The highest BCUT2D eigenvalue weighted by atomic mass is 32.2. The SMILES string of the molecule is CC(NC(=O)c1ccccc1NS(C)(=O)=O)c1cccc(C(F)(F)F)c1. The zero-order valence-electron chi connectivity index (χ0n) is 14.0. The molecule has 0 aliphatic carbocycles. The number of carbonyl (C=O) groups excluding carboxylic acids is 1. The van der Waals surface area contributed by atoms with E-state index in [9.17, 15) is 26.4 Å². The summed E-state index contributed by atoms with van der Waals surface area (Å²) in [6, 6.07) is 9.89. The van der Waals surface area contributed by atoms with Crippen LogP contribution in [0.25, 0.3) is 0 Å². The van der Waals surface area contributed by atoms with E-state index in [1.165, 1.54) is 24.3 Å². The third kappa shape index (κ3) is 5.22. The summed E-state index contributed by atoms with van der Waals surface area (Å²) in [6.07, 6.45) is -3.53. The van der Waals surface area contributed by atoms with Gasteiger partial charge in [0, 0.05) is 0 Å². The molecule has 1 amide bonds. The number of alkyl halides is 3. The minimum absolute atomic E-state index is 0.0664. The average Bonchev–Trinajstić information content (AvgIpc) is 2.53. The van der Waals surface area contributed by atoms with Gasteiger partial charge in [0.1, 0.15) is 0 Å². The maximum Gasteiger partial charge on any atom is 0.416 e. The first-order valence-electron chi connectivity index (χ1n) is 7.52. The molecular formula is C17H17F3N2O3S. The molecule has 1 atom stereocenters. The monoisotopic (exact) mass is 386 g/mol. The van der Waals surface area contributed by atoms with Crippen molar-refractivity contribution < 1.29 is 26.4 Å². The molecule has 0 aliphatic heterocycles. The third-order valence-corrected chi connectivity index (χ3v) is 4.12. The number of amides is 1. The molecule has 1 unspecified atom stereocenters. The number of rotatable bonds is 5. The van der Waals surface area contributed by atoms with E-state index in [-0.39, 0.29) is 16.8 Å². The van der Waals surface area contributed by atoms with Crippen molar-refractivity contribution in [1.82, 2.24) is 5.32 Å². The van der Waals surface area contributed by atoms with Crippen molar-refractivity contribution in [2.75, 3.05) is 11.0 Å². The van der Waals surface area contributed by atoms with E-state index in [0.29, 0.717) is 0 Å². The van der Waals surface area contributed by atoms with Crippen LogP contribution in [0.1, 0.15) is 34.5 Å². The zero-order chi connectivity index (χ0) is 19.5. The molecule has 0 aromatic heterocycles. The van der Waals surface area contributed by atoms with Crippen molar-refractivity contribution in [1.29, 1.82) is 0 Å². The zero-order valence-corrected chi connectivity index (χ0v) is 14.8. The van der Waals surface area contributed by atoms with Gasteiger partial charge in [-0.05, 0) is 36.8 Å². The summed E-state index contributed by atoms with van der Waals surface area (Å²) in [6.45, 7) is 1.54. The molecule has 0 bridgehead atoms. The quantitative estimate of drug-likeness (QED) is 0.825. The number of hydrogen-bond donors (Lipinski definition) is 2. The van der Waals surface area contributed by atoms with Gasteiger partial charge in [-0.3, -0.25) is 9.52 Å². The molecule has 5 nitrogen and oxygen atoms in total. The van der Waals surface area contributed by atoms with E-state index in [0.717, 1.165) is 18.4 Å². The first-order chi connectivity index (χ1) is 12.0. The Labute approximate surface area is 149 Å². The van der Waals surface area contributed by atoms with Crippen LogP contribution < -0.4 is 10.0 Å². The molecule has 0 spiro atoms. The van der Waals surface area contributed by atoms with Crippen molar-refractivity contribution in [3.8, 4) is 0 Å². The van der Waals surface area contributed by atoms with Crippen LogP contribution in [0.4, 0.5) is 18.9 Å². The summed E-state index contributed by atoms with van der Waals surface area (Å²) in [5, 5.41) is 2.58. The molecule has 0 saturated carbocycles. The minimum Gasteiger partial charge on any atom is -0.345 e. The fourth-order valence-electron chi connectivity index (χ4n) is 2.31. The lowest BCUT2D eigenvalue weighted by Gasteiger charge is -2.17. The Morgan fingerprint density at radius 3 is 2.35 bits per heavy atom. The van der Waals surface area contributed by atoms with Gasteiger partial charge in [0.25, 0.3) is 5.91 Å². The van der Waals surface area contributed by atoms with Gasteiger partial charge in [0.15, 0.2) is 0 Å². The standard InChI is InChI=1S/C17H17F3N2O3S/c1-11(12-6-5-7-13(10-12)17(18,19)20)21-16(23)14-8-3-4-9-15(14)22-26(2,24)25/h3-11,22H,1-2H3,(H,21,23). The Morgan fingerprint density at radius 1 is 1.08 bits per heavy atom. The van der Waals surface area contributed by atoms with E-state index in [1.807, 2.05) is 0 Å². The largest absolute Gasteiger partial charge is 0.416 e. The summed E-state index contributed by atoms with van der Waals surface area (Å²) in [4.78, 5) is 12.4. The van der Waals surface area contributed by atoms with Gasteiger partial charge in [-0.15, -0.1) is 0 Å². The lowest BCUT2D eigenvalue weighted by Crippen LogP contribution is -2.28. The number of benzene rings is 2. The molecule has 0 heterocycles. The van der Waals surface area contributed by atoms with Crippen LogP contribution in [0.3, 0.4) is 0 Å². The number of halogens is 3. The predicted octanol–water partition coefficient (Wildman–Crippen LogP) is 3.57. The second kappa shape index (κ2) is 7.36. The molecule has 26 heavy (non-hydrogen) atoms. The highest BCUT2D eigenvalue weighted by molar-refractivity contribution is 7.92. The summed E-state index contributed by atoms with van der Waals surface area (Å²) < 4.78 is 63.5. The smallest absolute Gasteiger partial charge is 0.345 e. The fraction of sp³-hybridized carbons (Fsp3) is 0.235. The van der Waals surface area contributed by atoms with Gasteiger partial charge < -0.3 is 5.32 Å². The van der Waals surface area contributed by atoms with Gasteiger partial charge in [-0.2, -0.15) is 13.2 Å². The molecule has 2 rings (SSSR count). The molecule has 2 aromatic rings. The molecule has 0 aliphatic rings. The number of hydrogen-bond acceptors (Lipinski definition) is 3. The normalized spacial score (nSPS) is 13.1.